The van der Waals surface area contributed by atoms with Crippen LogP contribution in [0.3, 0.4) is 0 Å². The molecule has 1 N–H and O–H groups in total. The molecule has 2 aromatic rings. The summed E-state index contributed by atoms with van der Waals surface area (Å²) in [6, 6.07) is 8.36. The number of aryl methyl sites for hydroxylation is 2. The lowest BCUT2D eigenvalue weighted by molar-refractivity contribution is 0.305. The molecule has 2 heterocycles. The first-order valence-electron chi connectivity index (χ1n) is 6.44. The summed E-state index contributed by atoms with van der Waals surface area (Å²) in [5.41, 5.74) is 2.32. The molecule has 0 spiro atoms. The van der Waals surface area contributed by atoms with Gasteiger partial charge in [0, 0.05) is 22.7 Å². The van der Waals surface area contributed by atoms with Crippen molar-refractivity contribution in [3.05, 3.63) is 45.3 Å². The number of aliphatic hydroxyl groups is 1. The number of aliphatic hydroxyl groups excluding tert-OH is 1. The maximum absolute atomic E-state index is 8.70. The molecule has 0 radical (unpaired) electrons. The van der Waals surface area contributed by atoms with Crippen LogP contribution >= 0.6 is 23.1 Å². The van der Waals surface area contributed by atoms with E-state index in [1.54, 1.807) is 23.1 Å². The van der Waals surface area contributed by atoms with Crippen molar-refractivity contribution >= 4 is 23.1 Å². The predicted octanol–water partition coefficient (Wildman–Crippen LogP) is 3.79. The van der Waals surface area contributed by atoms with Crippen LogP contribution in [0.2, 0.25) is 0 Å². The Kier molecular flexibility index (Phi) is 5.66. The number of hydrogen-bond donors (Lipinski definition) is 1. The summed E-state index contributed by atoms with van der Waals surface area (Å²) in [6.45, 7) is 4.25. The summed E-state index contributed by atoms with van der Waals surface area (Å²) in [5.74, 6) is 6.93. The third kappa shape index (κ3) is 4.68. The Morgan fingerprint density at radius 3 is 2.90 bits per heavy atom. The maximum atomic E-state index is 8.70. The molecule has 4 heteroatoms. The van der Waals surface area contributed by atoms with Gasteiger partial charge in [-0.15, -0.1) is 23.1 Å². The van der Waals surface area contributed by atoms with Gasteiger partial charge in [0.1, 0.15) is 0 Å². The van der Waals surface area contributed by atoms with Crippen molar-refractivity contribution in [2.75, 3.05) is 6.61 Å². The highest BCUT2D eigenvalue weighted by Gasteiger charge is 2.02. The quantitative estimate of drug-likeness (QED) is 0.689. The van der Waals surface area contributed by atoms with E-state index in [9.17, 15) is 0 Å². The fourth-order valence-corrected chi connectivity index (χ4v) is 3.71. The van der Waals surface area contributed by atoms with Crippen LogP contribution in [0.1, 0.15) is 27.4 Å². The normalized spacial score (nSPS) is 10.2. The maximum Gasteiger partial charge on any atom is 0.0969 e. The van der Waals surface area contributed by atoms with Gasteiger partial charge in [0.15, 0.2) is 0 Å². The second kappa shape index (κ2) is 7.49. The van der Waals surface area contributed by atoms with Gasteiger partial charge in [-0.1, -0.05) is 11.8 Å². The Morgan fingerprint density at radius 1 is 1.30 bits per heavy atom. The molecule has 0 fully saturated rings. The van der Waals surface area contributed by atoms with E-state index >= 15 is 0 Å². The molecule has 104 valence electrons. The molecule has 0 aliphatic carbocycles. The summed E-state index contributed by atoms with van der Waals surface area (Å²) >= 11 is 3.46. The van der Waals surface area contributed by atoms with Crippen molar-refractivity contribution in [1.82, 2.24) is 4.98 Å². The van der Waals surface area contributed by atoms with E-state index in [1.807, 2.05) is 13.0 Å². The van der Waals surface area contributed by atoms with Gasteiger partial charge in [0.05, 0.1) is 16.5 Å². The monoisotopic (exact) mass is 303 g/mol. The van der Waals surface area contributed by atoms with Crippen LogP contribution in [-0.4, -0.2) is 16.7 Å². The first-order chi connectivity index (χ1) is 9.67. The molecular weight excluding hydrogens is 286 g/mol. The molecule has 0 amide bonds. The van der Waals surface area contributed by atoms with Crippen LogP contribution in [0.15, 0.2) is 29.3 Å². The highest BCUT2D eigenvalue weighted by molar-refractivity contribution is 7.98. The SMILES string of the molecule is Cc1cc(C)nc(SCc2ccc(C#CCCO)s2)c1. The third-order valence-corrected chi connectivity index (χ3v) is 4.69. The lowest BCUT2D eigenvalue weighted by atomic mass is 10.3. The van der Waals surface area contributed by atoms with E-state index in [2.05, 4.69) is 41.9 Å². The fraction of sp³-hybridized carbons (Fsp3) is 0.312. The first-order valence-corrected chi connectivity index (χ1v) is 8.24. The topological polar surface area (TPSA) is 33.1 Å². The zero-order chi connectivity index (χ0) is 14.4. The van der Waals surface area contributed by atoms with Crippen molar-refractivity contribution in [1.29, 1.82) is 0 Å². The van der Waals surface area contributed by atoms with Gasteiger partial charge < -0.3 is 5.11 Å². The van der Waals surface area contributed by atoms with Crippen LogP contribution in [0, 0.1) is 25.7 Å². The van der Waals surface area contributed by atoms with Crippen LogP contribution in [0.4, 0.5) is 0 Å². The number of pyridine rings is 1. The van der Waals surface area contributed by atoms with Crippen molar-refractivity contribution in [2.24, 2.45) is 0 Å². The minimum Gasteiger partial charge on any atom is -0.395 e. The van der Waals surface area contributed by atoms with Gasteiger partial charge in [0.25, 0.3) is 0 Å². The van der Waals surface area contributed by atoms with Crippen LogP contribution in [0.5, 0.6) is 0 Å². The van der Waals surface area contributed by atoms with E-state index in [0.717, 1.165) is 21.3 Å². The Bertz CT molecular complexity index is 617. The van der Waals surface area contributed by atoms with Gasteiger partial charge in [-0.05, 0) is 43.7 Å². The van der Waals surface area contributed by atoms with Crippen molar-refractivity contribution < 1.29 is 5.11 Å². The molecule has 0 aliphatic rings. The molecule has 0 atom stereocenters. The Balaban J connectivity index is 1.96. The van der Waals surface area contributed by atoms with Crippen molar-refractivity contribution in [3.63, 3.8) is 0 Å². The summed E-state index contributed by atoms with van der Waals surface area (Å²) in [7, 11) is 0. The molecule has 2 rings (SSSR count). The van der Waals surface area contributed by atoms with Crippen molar-refractivity contribution in [2.45, 2.75) is 31.0 Å². The van der Waals surface area contributed by atoms with E-state index in [4.69, 9.17) is 5.11 Å². The average Bonchev–Trinajstić information content (AvgIpc) is 2.84. The molecule has 0 saturated carbocycles. The van der Waals surface area contributed by atoms with Crippen LogP contribution < -0.4 is 0 Å². The number of rotatable bonds is 4. The molecule has 2 aromatic heterocycles. The number of nitrogens with zero attached hydrogens (tertiary/aromatic N) is 1. The highest BCUT2D eigenvalue weighted by Crippen LogP contribution is 2.26. The number of thioether (sulfide) groups is 1. The Hall–Kier alpha value is -1.28. The molecule has 0 aliphatic heterocycles. The molecule has 20 heavy (non-hydrogen) atoms. The summed E-state index contributed by atoms with van der Waals surface area (Å²) in [6.07, 6.45) is 0.536. The number of thiophene rings is 1. The second-order valence-electron chi connectivity index (χ2n) is 4.45. The van der Waals surface area contributed by atoms with E-state index in [1.165, 1.54) is 10.4 Å². The predicted molar refractivity (Wildman–Crippen MR) is 86.2 cm³/mol. The van der Waals surface area contributed by atoms with Crippen LogP contribution in [0.25, 0.3) is 0 Å². The van der Waals surface area contributed by atoms with Gasteiger partial charge in [-0.2, -0.15) is 0 Å². The smallest absolute Gasteiger partial charge is 0.0969 e. The lowest BCUT2D eigenvalue weighted by Crippen LogP contribution is -1.87. The standard InChI is InChI=1S/C16H17NOS2/c1-12-9-13(2)17-16(10-12)19-11-15-7-6-14(20-15)5-3-4-8-18/h6-7,9-10,18H,4,8,11H2,1-2H3. The molecule has 0 aromatic carbocycles. The zero-order valence-corrected chi connectivity index (χ0v) is 13.3. The van der Waals surface area contributed by atoms with Gasteiger partial charge >= 0.3 is 0 Å². The lowest BCUT2D eigenvalue weighted by Gasteiger charge is -2.02. The van der Waals surface area contributed by atoms with Gasteiger partial charge in [-0.25, -0.2) is 4.98 Å². The summed E-state index contributed by atoms with van der Waals surface area (Å²) in [4.78, 5) is 6.88. The Morgan fingerprint density at radius 2 is 2.15 bits per heavy atom. The minimum absolute atomic E-state index is 0.124. The average molecular weight is 303 g/mol. The van der Waals surface area contributed by atoms with E-state index in [0.29, 0.717) is 6.42 Å². The highest BCUT2D eigenvalue weighted by atomic mass is 32.2. The van der Waals surface area contributed by atoms with E-state index in [-0.39, 0.29) is 6.61 Å². The number of aromatic nitrogens is 1. The Labute approximate surface area is 128 Å². The molecule has 0 unspecified atom stereocenters. The van der Waals surface area contributed by atoms with Crippen LogP contribution in [-0.2, 0) is 5.75 Å². The minimum atomic E-state index is 0.124. The summed E-state index contributed by atoms with van der Waals surface area (Å²) < 4.78 is 0. The van der Waals surface area contributed by atoms with E-state index < -0.39 is 0 Å². The fourth-order valence-electron chi connectivity index (χ4n) is 1.75. The molecule has 2 nitrogen and oxygen atoms in total. The van der Waals surface area contributed by atoms with Gasteiger partial charge in [0.2, 0.25) is 0 Å². The molecule has 0 saturated heterocycles. The molecule has 0 bridgehead atoms. The van der Waals surface area contributed by atoms with Gasteiger partial charge in [-0.3, -0.25) is 0 Å². The second-order valence-corrected chi connectivity index (χ2v) is 6.62. The van der Waals surface area contributed by atoms with Crippen molar-refractivity contribution in [3.8, 4) is 11.8 Å². The zero-order valence-electron chi connectivity index (χ0n) is 11.6. The third-order valence-electron chi connectivity index (χ3n) is 2.55. The number of hydrogen-bond acceptors (Lipinski definition) is 4. The first kappa shape index (κ1) is 15.1. The molecular formula is C16H17NOS2. The summed E-state index contributed by atoms with van der Waals surface area (Å²) in [5, 5.41) is 9.77. The largest absolute Gasteiger partial charge is 0.395 e.